The van der Waals surface area contributed by atoms with Crippen molar-refractivity contribution in [2.24, 2.45) is 0 Å². The molecule has 2 aromatic rings. The summed E-state index contributed by atoms with van der Waals surface area (Å²) in [5, 5.41) is 7.30. The number of rotatable bonds is 6. The average molecular weight is 351 g/mol. The standard InChI is InChI=1S/C17H22N2O2S2/c1-13(18-16(20)12-14-4-2-10-22-14)17(15-5-3-11-23-15)19-6-8-21-9-7-19/h2-5,10-11,13,17H,6-9,12H2,1H3,(H,18,20)/t13-,17+/m0/s1. The van der Waals surface area contributed by atoms with E-state index in [4.69, 9.17) is 4.74 Å². The second-order valence-electron chi connectivity index (χ2n) is 5.72. The molecule has 0 bridgehead atoms. The summed E-state index contributed by atoms with van der Waals surface area (Å²) in [7, 11) is 0. The van der Waals surface area contributed by atoms with Crippen molar-refractivity contribution in [2.45, 2.75) is 25.4 Å². The Labute approximate surface area is 145 Å². The van der Waals surface area contributed by atoms with E-state index >= 15 is 0 Å². The molecule has 3 rings (SSSR count). The number of morpholine rings is 1. The summed E-state index contributed by atoms with van der Waals surface area (Å²) in [6.07, 6.45) is 0.461. The molecule has 0 aliphatic carbocycles. The van der Waals surface area contributed by atoms with Gasteiger partial charge in [0.05, 0.1) is 25.7 Å². The summed E-state index contributed by atoms with van der Waals surface area (Å²) in [4.78, 5) is 17.2. The van der Waals surface area contributed by atoms with Crippen molar-refractivity contribution < 1.29 is 9.53 Å². The van der Waals surface area contributed by atoms with Crippen molar-refractivity contribution in [3.63, 3.8) is 0 Å². The van der Waals surface area contributed by atoms with E-state index in [0.29, 0.717) is 6.42 Å². The molecule has 2 aromatic heterocycles. The molecule has 1 amide bonds. The third kappa shape index (κ3) is 4.41. The first-order valence-electron chi connectivity index (χ1n) is 7.91. The zero-order valence-electron chi connectivity index (χ0n) is 13.2. The largest absolute Gasteiger partial charge is 0.379 e. The Morgan fingerprint density at radius 3 is 2.65 bits per heavy atom. The SMILES string of the molecule is C[C@H](NC(=O)Cc1cccs1)[C@H](c1cccs1)N1CCOCC1. The molecular formula is C17H22N2O2S2. The fourth-order valence-electron chi connectivity index (χ4n) is 3.01. The van der Waals surface area contributed by atoms with Gasteiger partial charge in [-0.3, -0.25) is 9.69 Å². The smallest absolute Gasteiger partial charge is 0.225 e. The highest BCUT2D eigenvalue weighted by Gasteiger charge is 2.29. The number of carbonyl (C=O) groups is 1. The lowest BCUT2D eigenvalue weighted by molar-refractivity contribution is -0.121. The number of hydrogen-bond donors (Lipinski definition) is 1. The molecule has 1 fully saturated rings. The van der Waals surface area contributed by atoms with E-state index in [1.165, 1.54) is 4.88 Å². The Kier molecular flexibility index (Phi) is 5.83. The number of hydrogen-bond acceptors (Lipinski definition) is 5. The van der Waals surface area contributed by atoms with Gasteiger partial charge in [0, 0.05) is 28.9 Å². The molecule has 0 radical (unpaired) electrons. The van der Waals surface area contributed by atoms with E-state index in [2.05, 4.69) is 34.7 Å². The number of amides is 1. The maximum Gasteiger partial charge on any atom is 0.225 e. The maximum atomic E-state index is 12.3. The van der Waals surface area contributed by atoms with Crippen LogP contribution in [0.25, 0.3) is 0 Å². The lowest BCUT2D eigenvalue weighted by Crippen LogP contribution is -2.48. The van der Waals surface area contributed by atoms with Crippen LogP contribution in [0.15, 0.2) is 35.0 Å². The van der Waals surface area contributed by atoms with Crippen LogP contribution in [0, 0.1) is 0 Å². The van der Waals surface area contributed by atoms with Crippen LogP contribution in [0.3, 0.4) is 0 Å². The van der Waals surface area contributed by atoms with Crippen LogP contribution in [-0.4, -0.2) is 43.2 Å². The molecule has 6 heteroatoms. The van der Waals surface area contributed by atoms with E-state index in [1.54, 1.807) is 22.7 Å². The average Bonchev–Trinajstić information content (AvgIpc) is 3.22. The normalized spacial score (nSPS) is 18.5. The van der Waals surface area contributed by atoms with E-state index in [9.17, 15) is 4.79 Å². The quantitative estimate of drug-likeness (QED) is 0.871. The van der Waals surface area contributed by atoms with Crippen molar-refractivity contribution in [3.8, 4) is 0 Å². The predicted octanol–water partition coefficient (Wildman–Crippen LogP) is 2.93. The fourth-order valence-corrected chi connectivity index (χ4v) is 4.68. The first-order chi connectivity index (χ1) is 11.2. The molecule has 0 spiro atoms. The lowest BCUT2D eigenvalue weighted by atomic mass is 10.1. The second-order valence-corrected chi connectivity index (χ2v) is 7.73. The molecule has 0 aromatic carbocycles. The molecule has 0 unspecified atom stereocenters. The number of carbonyl (C=O) groups excluding carboxylic acids is 1. The van der Waals surface area contributed by atoms with Crippen LogP contribution in [0.1, 0.15) is 22.7 Å². The van der Waals surface area contributed by atoms with Gasteiger partial charge in [-0.25, -0.2) is 0 Å². The van der Waals surface area contributed by atoms with Crippen LogP contribution in [0.5, 0.6) is 0 Å². The summed E-state index contributed by atoms with van der Waals surface area (Å²) in [5.41, 5.74) is 0. The first kappa shape index (κ1) is 16.6. The Morgan fingerprint density at radius 2 is 2.00 bits per heavy atom. The van der Waals surface area contributed by atoms with Crippen LogP contribution in [0.4, 0.5) is 0 Å². The minimum absolute atomic E-state index is 0.0687. The van der Waals surface area contributed by atoms with Gasteiger partial charge < -0.3 is 10.1 Å². The molecule has 1 aliphatic rings. The molecule has 1 saturated heterocycles. The third-order valence-corrected chi connectivity index (χ3v) is 5.87. The van der Waals surface area contributed by atoms with Gasteiger partial charge in [-0.15, -0.1) is 22.7 Å². The Balaban J connectivity index is 1.67. The van der Waals surface area contributed by atoms with Crippen molar-refractivity contribution in [1.29, 1.82) is 0 Å². The lowest BCUT2D eigenvalue weighted by Gasteiger charge is -2.37. The summed E-state index contributed by atoms with van der Waals surface area (Å²) in [6, 6.07) is 8.51. The minimum Gasteiger partial charge on any atom is -0.379 e. The zero-order chi connectivity index (χ0) is 16.1. The fraction of sp³-hybridized carbons (Fsp3) is 0.471. The highest BCUT2D eigenvalue weighted by molar-refractivity contribution is 7.10. The number of nitrogens with one attached hydrogen (secondary N) is 1. The monoisotopic (exact) mass is 350 g/mol. The van der Waals surface area contributed by atoms with Crippen molar-refractivity contribution in [3.05, 3.63) is 44.8 Å². The molecule has 23 heavy (non-hydrogen) atoms. The minimum atomic E-state index is 0.0687. The van der Waals surface area contributed by atoms with Gasteiger partial charge in [0.25, 0.3) is 0 Å². The van der Waals surface area contributed by atoms with Gasteiger partial charge >= 0.3 is 0 Å². The van der Waals surface area contributed by atoms with Gasteiger partial charge in [-0.05, 0) is 29.8 Å². The maximum absolute atomic E-state index is 12.3. The number of ether oxygens (including phenoxy) is 1. The third-order valence-electron chi connectivity index (χ3n) is 4.05. The molecule has 2 atom stereocenters. The van der Waals surface area contributed by atoms with Crippen LogP contribution < -0.4 is 5.32 Å². The molecule has 3 heterocycles. The predicted molar refractivity (Wildman–Crippen MR) is 95.1 cm³/mol. The molecule has 1 N–H and O–H groups in total. The Morgan fingerprint density at radius 1 is 1.26 bits per heavy atom. The van der Waals surface area contributed by atoms with E-state index in [-0.39, 0.29) is 18.0 Å². The number of nitrogens with zero attached hydrogens (tertiary/aromatic N) is 1. The van der Waals surface area contributed by atoms with Gasteiger partial charge in [0.15, 0.2) is 0 Å². The highest BCUT2D eigenvalue weighted by Crippen LogP contribution is 2.29. The van der Waals surface area contributed by atoms with Crippen LogP contribution >= 0.6 is 22.7 Å². The summed E-state index contributed by atoms with van der Waals surface area (Å²) < 4.78 is 5.47. The van der Waals surface area contributed by atoms with Crippen molar-refractivity contribution in [2.75, 3.05) is 26.3 Å². The van der Waals surface area contributed by atoms with E-state index < -0.39 is 0 Å². The molecule has 4 nitrogen and oxygen atoms in total. The first-order valence-corrected chi connectivity index (χ1v) is 9.67. The number of thiophene rings is 2. The van der Waals surface area contributed by atoms with Gasteiger partial charge in [-0.1, -0.05) is 12.1 Å². The van der Waals surface area contributed by atoms with E-state index in [1.807, 2.05) is 17.5 Å². The van der Waals surface area contributed by atoms with E-state index in [0.717, 1.165) is 31.2 Å². The van der Waals surface area contributed by atoms with Crippen molar-refractivity contribution >= 4 is 28.6 Å². The molecular weight excluding hydrogens is 328 g/mol. The van der Waals surface area contributed by atoms with Gasteiger partial charge in [-0.2, -0.15) is 0 Å². The van der Waals surface area contributed by atoms with Gasteiger partial charge in [0.2, 0.25) is 5.91 Å². The molecule has 0 saturated carbocycles. The summed E-state index contributed by atoms with van der Waals surface area (Å²) in [5.74, 6) is 0.0924. The van der Waals surface area contributed by atoms with Crippen molar-refractivity contribution in [1.82, 2.24) is 10.2 Å². The topological polar surface area (TPSA) is 41.6 Å². The Bertz CT molecular complexity index is 592. The van der Waals surface area contributed by atoms with Gasteiger partial charge in [0.1, 0.15) is 0 Å². The van der Waals surface area contributed by atoms with Crippen LogP contribution in [0.2, 0.25) is 0 Å². The molecule has 124 valence electrons. The Hall–Kier alpha value is -1.21. The second kappa shape index (κ2) is 8.06. The highest BCUT2D eigenvalue weighted by atomic mass is 32.1. The summed E-state index contributed by atoms with van der Waals surface area (Å²) >= 11 is 3.38. The summed E-state index contributed by atoms with van der Waals surface area (Å²) in [6.45, 7) is 5.45. The molecule has 1 aliphatic heterocycles. The van der Waals surface area contributed by atoms with Crippen LogP contribution in [-0.2, 0) is 16.0 Å². The zero-order valence-corrected chi connectivity index (χ0v) is 14.9.